The summed E-state index contributed by atoms with van der Waals surface area (Å²) in [7, 11) is 0. The summed E-state index contributed by atoms with van der Waals surface area (Å²) in [5.74, 6) is -1.45. The Morgan fingerprint density at radius 3 is 2.26 bits per heavy atom. The van der Waals surface area contributed by atoms with Gasteiger partial charge in [-0.05, 0) is 80.3 Å². The number of amides is 2. The van der Waals surface area contributed by atoms with Crippen molar-refractivity contribution in [1.82, 2.24) is 10.6 Å². The quantitative estimate of drug-likeness (QED) is 0.385. The van der Waals surface area contributed by atoms with Crippen molar-refractivity contribution >= 4 is 23.6 Å². The molecule has 0 bridgehead atoms. The van der Waals surface area contributed by atoms with Gasteiger partial charge in [0.1, 0.15) is 18.2 Å². The molecule has 9 heteroatoms. The fourth-order valence-corrected chi connectivity index (χ4v) is 10.4. The van der Waals surface area contributed by atoms with Gasteiger partial charge in [-0.1, -0.05) is 47.6 Å². The lowest BCUT2D eigenvalue weighted by atomic mass is 9.33. The number of hydrogen-bond donors (Lipinski definition) is 4. The normalized spacial score (nSPS) is 45.5. The van der Waals surface area contributed by atoms with Crippen molar-refractivity contribution in [2.45, 2.75) is 105 Å². The lowest BCUT2D eigenvalue weighted by Crippen LogP contribution is -2.74. The molecule has 8 atom stereocenters. The highest BCUT2D eigenvalue weighted by atomic mass is 16.4. The van der Waals surface area contributed by atoms with E-state index in [1.807, 2.05) is 20.8 Å². The van der Waals surface area contributed by atoms with E-state index in [9.17, 15) is 29.5 Å². The average Bonchev–Trinajstić information content (AvgIpc) is 2.90. The minimum Gasteiger partial charge on any atom is -0.465 e. The van der Waals surface area contributed by atoms with Crippen LogP contribution in [0.2, 0.25) is 0 Å². The van der Waals surface area contributed by atoms with Gasteiger partial charge in [-0.3, -0.25) is 14.4 Å². The smallest absolute Gasteiger partial charge is 0.405 e. The molecule has 0 spiro atoms. The molecule has 0 aromatic carbocycles. The number of aliphatic hydroxyl groups is 1. The molecule has 3 fully saturated rings. The van der Waals surface area contributed by atoms with E-state index in [0.29, 0.717) is 32.1 Å². The maximum absolute atomic E-state index is 14.5. The molecule has 228 valence electrons. The third-order valence-electron chi connectivity index (χ3n) is 13.1. The van der Waals surface area contributed by atoms with Crippen LogP contribution in [0.15, 0.2) is 23.3 Å². The van der Waals surface area contributed by atoms with Crippen LogP contribution >= 0.6 is 0 Å². The van der Waals surface area contributed by atoms with E-state index in [1.165, 1.54) is 0 Å². The summed E-state index contributed by atoms with van der Waals surface area (Å²) in [6.07, 6.45) is 6.82. The van der Waals surface area contributed by atoms with E-state index in [-0.39, 0.29) is 35.0 Å². The summed E-state index contributed by atoms with van der Waals surface area (Å²) in [6, 6.07) is 2.12. The van der Waals surface area contributed by atoms with Gasteiger partial charge in [0, 0.05) is 27.7 Å². The van der Waals surface area contributed by atoms with Crippen LogP contribution in [0.4, 0.5) is 4.79 Å². The molecule has 0 aliphatic heterocycles. The first-order valence-corrected chi connectivity index (χ1v) is 15.2. The molecule has 5 aliphatic carbocycles. The summed E-state index contributed by atoms with van der Waals surface area (Å²) >= 11 is 0. The SMILES string of the molecule is CC1(C)C(=O)C(C#N)=C[C@]2(C)C3=CC(=O)[C@]4(O)[C@@H]5C[C@@](C)(NC(=O)CNC(=O)O)CC[C@]5(C)CC[C@@]4(C)[C@]3(C)CC[C@@H]12. The van der Waals surface area contributed by atoms with Gasteiger partial charge < -0.3 is 20.8 Å². The van der Waals surface area contributed by atoms with E-state index in [2.05, 4.69) is 44.4 Å². The number of carboxylic acid groups (broad SMARTS) is 1. The number of nitrogens with one attached hydrogen (secondary N) is 2. The number of Topliss-reactive ketones (excluding diaryl/α,β-unsaturated/α-hetero) is 1. The third-order valence-corrected chi connectivity index (χ3v) is 13.1. The zero-order valence-electron chi connectivity index (χ0n) is 25.9. The van der Waals surface area contributed by atoms with Crippen LogP contribution in [0.25, 0.3) is 0 Å². The Bertz CT molecular complexity index is 1390. The van der Waals surface area contributed by atoms with Crippen LogP contribution in [0.5, 0.6) is 0 Å². The highest BCUT2D eigenvalue weighted by molar-refractivity contribution is 6.05. The molecule has 0 saturated heterocycles. The monoisotopic (exact) mass is 579 g/mol. The molecule has 5 rings (SSSR count). The second kappa shape index (κ2) is 9.01. The van der Waals surface area contributed by atoms with Crippen molar-refractivity contribution in [3.63, 3.8) is 0 Å². The van der Waals surface area contributed by atoms with E-state index < -0.39 is 50.7 Å². The van der Waals surface area contributed by atoms with Gasteiger partial charge in [0.05, 0.1) is 5.57 Å². The van der Waals surface area contributed by atoms with Crippen molar-refractivity contribution in [2.24, 2.45) is 38.9 Å². The zero-order valence-corrected chi connectivity index (χ0v) is 25.9. The first-order valence-electron chi connectivity index (χ1n) is 15.2. The minimum absolute atomic E-state index is 0.0852. The zero-order chi connectivity index (χ0) is 31.3. The maximum Gasteiger partial charge on any atom is 0.405 e. The number of rotatable bonds is 3. The molecule has 5 aliphatic rings. The molecule has 4 N–H and O–H groups in total. The van der Waals surface area contributed by atoms with E-state index in [1.54, 1.807) is 12.2 Å². The largest absolute Gasteiger partial charge is 0.465 e. The van der Waals surface area contributed by atoms with Crippen LogP contribution in [0, 0.1) is 50.2 Å². The predicted molar refractivity (Wildman–Crippen MR) is 155 cm³/mol. The number of ketones is 2. The molecule has 9 nitrogen and oxygen atoms in total. The Hall–Kier alpha value is -2.99. The van der Waals surface area contributed by atoms with Crippen LogP contribution in [-0.2, 0) is 14.4 Å². The summed E-state index contributed by atoms with van der Waals surface area (Å²) in [4.78, 5) is 51.3. The third kappa shape index (κ3) is 3.76. The summed E-state index contributed by atoms with van der Waals surface area (Å²) in [5, 5.41) is 36.8. The Balaban J connectivity index is 1.60. The number of allylic oxidation sites excluding steroid dienone is 3. The molecule has 2 amide bonds. The van der Waals surface area contributed by atoms with Gasteiger partial charge in [-0.2, -0.15) is 5.26 Å². The topological polar surface area (TPSA) is 157 Å². The average molecular weight is 580 g/mol. The first-order chi connectivity index (χ1) is 19.2. The molecule has 3 saturated carbocycles. The number of hydrogen-bond acceptors (Lipinski definition) is 6. The van der Waals surface area contributed by atoms with E-state index in [4.69, 9.17) is 5.11 Å². The van der Waals surface area contributed by atoms with Gasteiger partial charge in [0.15, 0.2) is 11.6 Å². The van der Waals surface area contributed by atoms with Crippen molar-refractivity contribution in [2.75, 3.05) is 6.54 Å². The summed E-state index contributed by atoms with van der Waals surface area (Å²) in [6.45, 7) is 13.8. The lowest BCUT2D eigenvalue weighted by Gasteiger charge is -2.71. The number of fused-ring (bicyclic) bond motifs is 7. The van der Waals surface area contributed by atoms with Gasteiger partial charge in [0.25, 0.3) is 0 Å². The number of nitrogens with zero attached hydrogens (tertiary/aromatic N) is 1. The molecular weight excluding hydrogens is 534 g/mol. The van der Waals surface area contributed by atoms with Crippen LogP contribution in [0.3, 0.4) is 0 Å². The lowest BCUT2D eigenvalue weighted by molar-refractivity contribution is -0.240. The van der Waals surface area contributed by atoms with Crippen LogP contribution in [-0.4, -0.2) is 51.5 Å². The molecular formula is C33H45N3O6. The molecule has 0 heterocycles. The van der Waals surface area contributed by atoms with Crippen molar-refractivity contribution in [3.8, 4) is 6.07 Å². The Morgan fingerprint density at radius 1 is 1.00 bits per heavy atom. The Morgan fingerprint density at radius 2 is 1.64 bits per heavy atom. The highest BCUT2D eigenvalue weighted by Crippen LogP contribution is 2.75. The number of carbonyl (C=O) groups is 4. The van der Waals surface area contributed by atoms with Crippen LogP contribution < -0.4 is 10.6 Å². The molecule has 0 aromatic heterocycles. The molecule has 0 unspecified atom stereocenters. The van der Waals surface area contributed by atoms with Gasteiger partial charge >= 0.3 is 6.09 Å². The van der Waals surface area contributed by atoms with Crippen molar-refractivity contribution < 1.29 is 29.4 Å². The van der Waals surface area contributed by atoms with E-state index >= 15 is 0 Å². The Kier molecular flexibility index (Phi) is 6.54. The standard InChI is InChI=1S/C33H45N3O6/c1-27(2)20-8-9-31(6)21(30(20,5)15-19(17-34)25(27)39)14-23(37)33(42)22-16-29(4,36-24(38)18-35-26(40)41)12-10-28(22,3)11-13-32(31,33)7/h14-15,20,22,35,42H,8-13,16,18H2,1-7H3,(H,36,38)(H,40,41)/t20-,22+,28+,29-,30-,31+,32-,33+/m0/s1. The predicted octanol–water partition coefficient (Wildman–Crippen LogP) is 4.46. The van der Waals surface area contributed by atoms with Gasteiger partial charge in [-0.15, -0.1) is 0 Å². The van der Waals surface area contributed by atoms with Crippen LogP contribution in [0.1, 0.15) is 93.4 Å². The van der Waals surface area contributed by atoms with Gasteiger partial charge in [0.2, 0.25) is 5.91 Å². The Labute approximate surface area is 248 Å². The fourth-order valence-electron chi connectivity index (χ4n) is 10.4. The second-order valence-corrected chi connectivity index (χ2v) is 15.6. The number of carbonyl (C=O) groups excluding carboxylic acids is 3. The summed E-state index contributed by atoms with van der Waals surface area (Å²) < 4.78 is 0. The molecule has 42 heavy (non-hydrogen) atoms. The van der Waals surface area contributed by atoms with Gasteiger partial charge in [-0.25, -0.2) is 4.79 Å². The summed E-state index contributed by atoms with van der Waals surface area (Å²) in [5.41, 5.74) is -4.53. The van der Waals surface area contributed by atoms with Crippen molar-refractivity contribution in [1.29, 1.82) is 5.26 Å². The highest BCUT2D eigenvalue weighted by Gasteiger charge is 2.75. The molecule has 0 aromatic rings. The van der Waals surface area contributed by atoms with E-state index in [0.717, 1.165) is 18.4 Å². The minimum atomic E-state index is -1.69. The van der Waals surface area contributed by atoms with Crippen molar-refractivity contribution in [3.05, 3.63) is 23.3 Å². The first kappa shape index (κ1) is 30.5. The maximum atomic E-state index is 14.5. The second-order valence-electron chi connectivity index (χ2n) is 15.6. The fraction of sp³-hybridized carbons (Fsp3) is 0.727. The molecule has 0 radical (unpaired) electrons. The number of nitriles is 1.